The van der Waals surface area contributed by atoms with E-state index in [9.17, 15) is 0 Å². The summed E-state index contributed by atoms with van der Waals surface area (Å²) >= 11 is 0. The molecule has 0 spiro atoms. The molecular weight excluding hydrogens is 665 g/mol. The van der Waals surface area contributed by atoms with Crippen LogP contribution in [0.3, 0.4) is 0 Å². The third-order valence-electron chi connectivity index (χ3n) is 10.5. The van der Waals surface area contributed by atoms with Gasteiger partial charge in [-0.1, -0.05) is 42.8 Å². The van der Waals surface area contributed by atoms with Crippen molar-refractivity contribution in [2.45, 2.75) is 82.0 Å². The van der Waals surface area contributed by atoms with Gasteiger partial charge in [0.25, 0.3) is 0 Å². The molecule has 2 aliphatic carbocycles. The van der Waals surface area contributed by atoms with Crippen LogP contribution >= 0.6 is 0 Å². The van der Waals surface area contributed by atoms with E-state index in [-0.39, 0.29) is 0 Å². The van der Waals surface area contributed by atoms with E-state index in [4.69, 9.17) is 30.9 Å². The number of pyridine rings is 2. The van der Waals surface area contributed by atoms with Gasteiger partial charge in [-0.3, -0.25) is 0 Å². The Morgan fingerprint density at radius 3 is 2.19 bits per heavy atom. The molecule has 3 heterocycles. The Morgan fingerprint density at radius 2 is 1.49 bits per heavy atom. The van der Waals surface area contributed by atoms with Crippen LogP contribution in [-0.4, -0.2) is 80.5 Å². The molecule has 2 aromatic carbocycles. The van der Waals surface area contributed by atoms with Gasteiger partial charge in [0.15, 0.2) is 0 Å². The average molecular weight is 721 g/mol. The normalized spacial score (nSPS) is 20.0. The number of hydrogen-bond donors (Lipinski definition) is 4. The molecule has 2 aliphatic rings. The van der Waals surface area contributed by atoms with Crippen LogP contribution in [0.1, 0.15) is 68.4 Å². The van der Waals surface area contributed by atoms with Crippen molar-refractivity contribution in [3.63, 3.8) is 0 Å². The molecule has 0 bridgehead atoms. The Balaban J connectivity index is 0.000000198. The maximum absolute atomic E-state index is 6.53. The third-order valence-corrected chi connectivity index (χ3v) is 10.5. The quantitative estimate of drug-likeness (QED) is 0.125. The van der Waals surface area contributed by atoms with Crippen LogP contribution < -0.4 is 41.4 Å². The van der Waals surface area contributed by atoms with E-state index in [1.54, 1.807) is 20.4 Å². The molecular formula is C41H56N10O2. The van der Waals surface area contributed by atoms with E-state index < -0.39 is 0 Å². The highest BCUT2D eigenvalue weighted by Gasteiger charge is 2.29. The van der Waals surface area contributed by atoms with Crippen molar-refractivity contribution in [2.24, 2.45) is 5.73 Å². The lowest BCUT2D eigenvalue weighted by atomic mass is 9.80. The fourth-order valence-corrected chi connectivity index (χ4v) is 7.94. The number of nitrogens with two attached hydrogens (primary N) is 2. The Bertz CT molecular complexity index is 1990. The molecule has 7 rings (SSSR count). The topological polar surface area (TPSA) is 153 Å². The molecule has 12 heteroatoms. The molecule has 5 aromatic rings. The summed E-state index contributed by atoms with van der Waals surface area (Å²) in [6.45, 7) is 0.635. The number of ether oxygens (including phenoxy) is 2. The number of aromatic nitrogens is 4. The highest BCUT2D eigenvalue weighted by atomic mass is 16.5. The van der Waals surface area contributed by atoms with Gasteiger partial charge in [0, 0.05) is 92.7 Å². The van der Waals surface area contributed by atoms with Crippen LogP contribution in [0.25, 0.3) is 21.8 Å². The van der Waals surface area contributed by atoms with Gasteiger partial charge in [-0.15, -0.1) is 0 Å². The zero-order valence-corrected chi connectivity index (χ0v) is 32.1. The summed E-state index contributed by atoms with van der Waals surface area (Å²) in [7, 11) is 11.5. The number of hydrogen-bond acceptors (Lipinski definition) is 12. The summed E-state index contributed by atoms with van der Waals surface area (Å²) in [6, 6.07) is 20.1. The molecule has 53 heavy (non-hydrogen) atoms. The number of nitrogens with zero attached hydrogens (tertiary/aromatic N) is 6. The summed E-state index contributed by atoms with van der Waals surface area (Å²) in [5, 5.41) is 9.60. The molecule has 12 nitrogen and oxygen atoms in total. The van der Waals surface area contributed by atoms with E-state index in [0.717, 1.165) is 66.3 Å². The van der Waals surface area contributed by atoms with Crippen LogP contribution in [0.2, 0.25) is 0 Å². The summed E-state index contributed by atoms with van der Waals surface area (Å²) in [4.78, 5) is 22.3. The molecule has 0 saturated heterocycles. The number of benzene rings is 2. The summed E-state index contributed by atoms with van der Waals surface area (Å²) < 4.78 is 10.5. The standard InChI is InChI=1S/C24H32N6O2.C17H24N4/c1-30(2)21-18-10-5-6-11-19(18)28-22(25)20(21)15-8-7-9-17(12-15)26-13-16-14-27-24(32-4)29-23(16)31-3;1-21(2)16-11-17(19-13-7-5-6-12(18)10-13)20-15-9-4-3-8-14(15)16/h5-6,10-11,14-15,17,26H,7-9,12-13H2,1-4H3,(H2,25,28);3-4,8-9,11-13H,5-7,10,18H2,1-2H3,(H,19,20). The maximum atomic E-state index is 6.53. The van der Waals surface area contributed by atoms with Gasteiger partial charge in [0.05, 0.1) is 30.9 Å². The minimum Gasteiger partial charge on any atom is -0.481 e. The molecule has 0 amide bonds. The maximum Gasteiger partial charge on any atom is 0.319 e. The van der Waals surface area contributed by atoms with Crippen molar-refractivity contribution in [3.8, 4) is 11.9 Å². The molecule has 3 aromatic heterocycles. The fraction of sp³-hybridized carbons (Fsp3) is 0.463. The first-order valence-electron chi connectivity index (χ1n) is 18.8. The van der Waals surface area contributed by atoms with Crippen molar-refractivity contribution < 1.29 is 9.47 Å². The van der Waals surface area contributed by atoms with Crippen molar-refractivity contribution >= 4 is 44.8 Å². The number of nitrogens with one attached hydrogen (secondary N) is 2. The number of para-hydroxylation sites is 2. The number of methoxy groups -OCH3 is 2. The highest BCUT2D eigenvalue weighted by Crippen LogP contribution is 2.43. The van der Waals surface area contributed by atoms with Gasteiger partial charge in [0.2, 0.25) is 5.88 Å². The van der Waals surface area contributed by atoms with Gasteiger partial charge in [-0.25, -0.2) is 15.0 Å². The van der Waals surface area contributed by atoms with Gasteiger partial charge in [-0.2, -0.15) is 4.98 Å². The Labute approximate surface area is 313 Å². The van der Waals surface area contributed by atoms with E-state index >= 15 is 0 Å². The van der Waals surface area contributed by atoms with Crippen molar-refractivity contribution in [1.29, 1.82) is 0 Å². The summed E-state index contributed by atoms with van der Waals surface area (Å²) in [6.07, 6.45) is 10.7. The number of nitrogen functional groups attached to an aromatic ring is 1. The van der Waals surface area contributed by atoms with E-state index in [0.29, 0.717) is 48.3 Å². The lowest BCUT2D eigenvalue weighted by Crippen LogP contribution is -2.35. The highest BCUT2D eigenvalue weighted by molar-refractivity contribution is 5.96. The fourth-order valence-electron chi connectivity index (χ4n) is 7.94. The number of rotatable bonds is 10. The third kappa shape index (κ3) is 9.00. The molecule has 4 atom stereocenters. The first-order chi connectivity index (χ1) is 25.6. The Morgan fingerprint density at radius 1 is 0.792 bits per heavy atom. The first-order valence-corrected chi connectivity index (χ1v) is 18.8. The monoisotopic (exact) mass is 720 g/mol. The average Bonchev–Trinajstić information content (AvgIpc) is 3.16. The Hall–Kier alpha value is -4.94. The molecule has 282 valence electrons. The molecule has 2 fully saturated rings. The lowest BCUT2D eigenvalue weighted by Gasteiger charge is -2.33. The first kappa shape index (κ1) is 37.8. The lowest BCUT2D eigenvalue weighted by molar-refractivity contribution is 0.328. The minimum absolute atomic E-state index is 0.304. The van der Waals surface area contributed by atoms with Crippen molar-refractivity contribution in [3.05, 3.63) is 71.9 Å². The predicted molar refractivity (Wildman–Crippen MR) is 217 cm³/mol. The van der Waals surface area contributed by atoms with Crippen LogP contribution in [0.5, 0.6) is 11.9 Å². The van der Waals surface area contributed by atoms with Gasteiger partial charge >= 0.3 is 6.01 Å². The zero-order chi connectivity index (χ0) is 37.5. The SMILES string of the molecule is CN(C)c1cc(NC2CCCC(N)C2)nc2ccccc12.COc1ncc(CNC2CCCC(c3c(N)nc4ccccc4c3N(C)C)C2)c(OC)n1. The largest absolute Gasteiger partial charge is 0.481 e. The van der Waals surface area contributed by atoms with Crippen LogP contribution in [0.4, 0.5) is 23.0 Å². The molecule has 0 radical (unpaired) electrons. The molecule has 4 unspecified atom stereocenters. The van der Waals surface area contributed by atoms with Gasteiger partial charge in [-0.05, 0) is 63.0 Å². The van der Waals surface area contributed by atoms with E-state index in [1.807, 2.05) is 18.2 Å². The minimum atomic E-state index is 0.304. The van der Waals surface area contributed by atoms with Crippen molar-refractivity contribution in [2.75, 3.05) is 63.3 Å². The van der Waals surface area contributed by atoms with E-state index in [2.05, 4.69) is 95.0 Å². The Kier molecular flexibility index (Phi) is 12.3. The second-order valence-corrected chi connectivity index (χ2v) is 14.7. The molecule has 6 N–H and O–H groups in total. The zero-order valence-electron chi connectivity index (χ0n) is 32.1. The summed E-state index contributed by atoms with van der Waals surface area (Å²) in [5.41, 5.74) is 19.0. The van der Waals surface area contributed by atoms with Crippen molar-refractivity contribution in [1.82, 2.24) is 25.3 Å². The van der Waals surface area contributed by atoms with Gasteiger partial charge in [0.1, 0.15) is 11.6 Å². The molecule has 0 aliphatic heterocycles. The van der Waals surface area contributed by atoms with Crippen LogP contribution in [0, 0.1) is 0 Å². The predicted octanol–water partition coefficient (Wildman–Crippen LogP) is 6.49. The summed E-state index contributed by atoms with van der Waals surface area (Å²) in [5.74, 6) is 2.49. The van der Waals surface area contributed by atoms with Crippen LogP contribution in [0.15, 0.2) is 60.8 Å². The van der Waals surface area contributed by atoms with Crippen LogP contribution in [-0.2, 0) is 6.54 Å². The second kappa shape index (κ2) is 17.3. The second-order valence-electron chi connectivity index (χ2n) is 14.7. The van der Waals surface area contributed by atoms with Gasteiger partial charge < -0.3 is 41.4 Å². The number of anilines is 4. The molecule has 2 saturated carbocycles. The number of fused-ring (bicyclic) bond motifs is 2. The van der Waals surface area contributed by atoms with E-state index in [1.165, 1.54) is 35.2 Å². The smallest absolute Gasteiger partial charge is 0.319 e.